The number of fused-ring (bicyclic) bond motifs is 1. The van der Waals surface area contributed by atoms with Gasteiger partial charge in [-0.3, -0.25) is 0 Å². The Morgan fingerprint density at radius 3 is 3.06 bits per heavy atom. The minimum Gasteiger partial charge on any atom is -0.349 e. The van der Waals surface area contributed by atoms with E-state index in [0.717, 1.165) is 23.5 Å². The molecule has 3 rings (SSSR count). The summed E-state index contributed by atoms with van der Waals surface area (Å²) in [5.74, 6) is 0.665. The highest BCUT2D eigenvalue weighted by Crippen LogP contribution is 2.30. The van der Waals surface area contributed by atoms with Gasteiger partial charge in [-0.1, -0.05) is 23.7 Å². The standard InChI is InChI=1S/C13H15ClN2/c1-16-8-12(14)11-3-2-9(6-13(11)16)10-4-5-15-7-10/h2-3,6,8,10,15H,4-5,7H2,1H3. The molecule has 1 unspecified atom stereocenters. The first-order valence-electron chi connectivity index (χ1n) is 5.71. The molecule has 0 bridgehead atoms. The van der Waals surface area contributed by atoms with Crippen molar-refractivity contribution >= 4 is 22.5 Å². The first-order valence-corrected chi connectivity index (χ1v) is 6.08. The maximum atomic E-state index is 6.16. The highest BCUT2D eigenvalue weighted by atomic mass is 35.5. The van der Waals surface area contributed by atoms with Crippen LogP contribution in [0.4, 0.5) is 0 Å². The SMILES string of the molecule is Cn1cc(Cl)c2ccc(C3CCNC3)cc21. The zero-order valence-electron chi connectivity index (χ0n) is 9.33. The van der Waals surface area contributed by atoms with Crippen molar-refractivity contribution in [3.8, 4) is 0 Å². The van der Waals surface area contributed by atoms with Crippen LogP contribution in [-0.4, -0.2) is 17.7 Å². The Balaban J connectivity index is 2.11. The molecule has 2 nitrogen and oxygen atoms in total. The lowest BCUT2D eigenvalue weighted by atomic mass is 9.97. The quantitative estimate of drug-likeness (QED) is 0.803. The molecule has 1 aliphatic heterocycles. The third kappa shape index (κ3) is 1.53. The van der Waals surface area contributed by atoms with Gasteiger partial charge >= 0.3 is 0 Å². The summed E-state index contributed by atoms with van der Waals surface area (Å²) < 4.78 is 2.10. The zero-order chi connectivity index (χ0) is 11.1. The first kappa shape index (κ1) is 10.2. The molecule has 1 fully saturated rings. The van der Waals surface area contributed by atoms with Gasteiger partial charge in [-0.25, -0.2) is 0 Å². The van der Waals surface area contributed by atoms with E-state index in [1.807, 2.05) is 13.2 Å². The number of benzene rings is 1. The Labute approximate surface area is 100 Å². The molecular weight excluding hydrogens is 220 g/mol. The Kier molecular flexibility index (Phi) is 2.41. The normalized spacial score (nSPS) is 20.8. The van der Waals surface area contributed by atoms with Crippen LogP contribution in [0.5, 0.6) is 0 Å². The molecular formula is C13H15ClN2. The molecule has 3 heteroatoms. The van der Waals surface area contributed by atoms with E-state index >= 15 is 0 Å². The summed E-state index contributed by atoms with van der Waals surface area (Å²) in [6.45, 7) is 2.24. The van der Waals surface area contributed by atoms with Crippen LogP contribution in [0.3, 0.4) is 0 Å². The molecule has 0 aliphatic carbocycles. The van der Waals surface area contributed by atoms with Crippen LogP contribution in [0, 0.1) is 0 Å². The van der Waals surface area contributed by atoms with Gasteiger partial charge in [0, 0.05) is 30.7 Å². The molecule has 0 amide bonds. The second kappa shape index (κ2) is 3.79. The maximum absolute atomic E-state index is 6.16. The van der Waals surface area contributed by atoms with E-state index < -0.39 is 0 Å². The van der Waals surface area contributed by atoms with Crippen LogP contribution in [0.2, 0.25) is 5.02 Å². The summed E-state index contributed by atoms with van der Waals surface area (Å²) in [4.78, 5) is 0. The summed E-state index contributed by atoms with van der Waals surface area (Å²) in [5.41, 5.74) is 2.66. The topological polar surface area (TPSA) is 17.0 Å². The van der Waals surface area contributed by atoms with E-state index in [9.17, 15) is 0 Å². The van der Waals surface area contributed by atoms with Gasteiger partial charge in [-0.15, -0.1) is 0 Å². The van der Waals surface area contributed by atoms with Gasteiger partial charge < -0.3 is 9.88 Å². The summed E-state index contributed by atoms with van der Waals surface area (Å²) in [5, 5.41) is 5.40. The van der Waals surface area contributed by atoms with Crippen molar-refractivity contribution in [2.75, 3.05) is 13.1 Å². The fraction of sp³-hybridized carbons (Fsp3) is 0.385. The van der Waals surface area contributed by atoms with Crippen LogP contribution in [0.25, 0.3) is 10.9 Å². The molecule has 1 saturated heterocycles. The average molecular weight is 235 g/mol. The lowest BCUT2D eigenvalue weighted by Gasteiger charge is -2.09. The molecule has 1 N–H and O–H groups in total. The van der Waals surface area contributed by atoms with Gasteiger partial charge in [0.1, 0.15) is 0 Å². The summed E-state index contributed by atoms with van der Waals surface area (Å²) in [7, 11) is 2.05. The molecule has 0 radical (unpaired) electrons. The third-order valence-electron chi connectivity index (χ3n) is 3.50. The molecule has 1 aliphatic rings. The number of nitrogens with one attached hydrogen (secondary N) is 1. The number of halogens is 1. The Morgan fingerprint density at radius 2 is 2.31 bits per heavy atom. The van der Waals surface area contributed by atoms with Crippen LogP contribution in [-0.2, 0) is 7.05 Å². The number of nitrogens with zero attached hydrogens (tertiary/aromatic N) is 1. The van der Waals surface area contributed by atoms with Crippen molar-refractivity contribution in [2.45, 2.75) is 12.3 Å². The number of aryl methyl sites for hydroxylation is 1. The first-order chi connectivity index (χ1) is 7.75. The molecule has 0 spiro atoms. The van der Waals surface area contributed by atoms with Gasteiger partial charge in [0.25, 0.3) is 0 Å². The second-order valence-corrected chi connectivity index (χ2v) is 4.96. The van der Waals surface area contributed by atoms with Crippen LogP contribution < -0.4 is 5.32 Å². The second-order valence-electron chi connectivity index (χ2n) is 4.55. The van der Waals surface area contributed by atoms with E-state index in [1.54, 1.807) is 0 Å². The smallest absolute Gasteiger partial charge is 0.0661 e. The van der Waals surface area contributed by atoms with Gasteiger partial charge in [-0.2, -0.15) is 0 Å². The van der Waals surface area contributed by atoms with E-state index in [2.05, 4.69) is 28.1 Å². The lowest BCUT2D eigenvalue weighted by Crippen LogP contribution is -2.07. The largest absolute Gasteiger partial charge is 0.349 e. The van der Waals surface area contributed by atoms with Crippen molar-refractivity contribution in [1.29, 1.82) is 0 Å². The van der Waals surface area contributed by atoms with Crippen molar-refractivity contribution in [3.05, 3.63) is 35.0 Å². The fourth-order valence-electron chi connectivity index (χ4n) is 2.54. The molecule has 1 atom stereocenters. The summed E-state index contributed by atoms with van der Waals surface area (Å²) in [6.07, 6.45) is 3.21. The van der Waals surface area contributed by atoms with Crippen molar-refractivity contribution in [3.63, 3.8) is 0 Å². The van der Waals surface area contributed by atoms with Gasteiger partial charge in [0.05, 0.1) is 5.02 Å². The number of hydrogen-bond acceptors (Lipinski definition) is 1. The number of hydrogen-bond donors (Lipinski definition) is 1. The summed E-state index contributed by atoms with van der Waals surface area (Å²) in [6, 6.07) is 6.64. The van der Waals surface area contributed by atoms with Crippen molar-refractivity contribution in [2.24, 2.45) is 7.05 Å². The lowest BCUT2D eigenvalue weighted by molar-refractivity contribution is 0.764. The van der Waals surface area contributed by atoms with Gasteiger partial charge in [-0.05, 0) is 30.5 Å². The molecule has 16 heavy (non-hydrogen) atoms. The molecule has 1 aromatic carbocycles. The number of rotatable bonds is 1. The summed E-state index contributed by atoms with van der Waals surface area (Å²) >= 11 is 6.16. The third-order valence-corrected chi connectivity index (χ3v) is 3.80. The average Bonchev–Trinajstić information content (AvgIpc) is 2.88. The molecule has 2 heterocycles. The van der Waals surface area contributed by atoms with Gasteiger partial charge in [0.15, 0.2) is 0 Å². The predicted molar refractivity (Wildman–Crippen MR) is 68.2 cm³/mol. The van der Waals surface area contributed by atoms with E-state index in [1.165, 1.54) is 17.5 Å². The molecule has 0 saturated carbocycles. The van der Waals surface area contributed by atoms with E-state index in [4.69, 9.17) is 11.6 Å². The Morgan fingerprint density at radius 1 is 1.44 bits per heavy atom. The molecule has 1 aromatic heterocycles. The number of aromatic nitrogens is 1. The van der Waals surface area contributed by atoms with Gasteiger partial charge in [0.2, 0.25) is 0 Å². The van der Waals surface area contributed by atoms with E-state index in [0.29, 0.717) is 5.92 Å². The van der Waals surface area contributed by atoms with Crippen LogP contribution in [0.1, 0.15) is 17.9 Å². The van der Waals surface area contributed by atoms with Crippen molar-refractivity contribution in [1.82, 2.24) is 9.88 Å². The Bertz CT molecular complexity index is 524. The minimum atomic E-state index is 0.665. The fourth-order valence-corrected chi connectivity index (χ4v) is 2.85. The molecule has 84 valence electrons. The predicted octanol–water partition coefficient (Wildman–Crippen LogP) is 2.91. The maximum Gasteiger partial charge on any atom is 0.0661 e. The minimum absolute atomic E-state index is 0.665. The highest BCUT2D eigenvalue weighted by molar-refractivity contribution is 6.35. The molecule has 2 aromatic rings. The highest BCUT2D eigenvalue weighted by Gasteiger charge is 2.17. The zero-order valence-corrected chi connectivity index (χ0v) is 10.1. The van der Waals surface area contributed by atoms with Crippen molar-refractivity contribution < 1.29 is 0 Å². The van der Waals surface area contributed by atoms with Crippen LogP contribution in [0.15, 0.2) is 24.4 Å². The monoisotopic (exact) mass is 234 g/mol. The Hall–Kier alpha value is -0.990. The van der Waals surface area contributed by atoms with E-state index in [-0.39, 0.29) is 0 Å². The van der Waals surface area contributed by atoms with Crippen LogP contribution >= 0.6 is 11.6 Å².